The smallest absolute Gasteiger partial charge is 0.224 e. The molecule has 106 valence electrons. The third-order valence-electron chi connectivity index (χ3n) is 2.98. The lowest BCUT2D eigenvalue weighted by Crippen LogP contribution is -2.21. The van der Waals surface area contributed by atoms with Gasteiger partial charge in [0.25, 0.3) is 0 Å². The normalized spacial score (nSPS) is 10.5. The van der Waals surface area contributed by atoms with Crippen molar-refractivity contribution >= 4 is 17.3 Å². The largest absolute Gasteiger partial charge is 0.494 e. The number of carbonyl (C=O) groups excluding carboxylic acids is 1. The fraction of sp³-hybridized carbons (Fsp3) is 0.500. The summed E-state index contributed by atoms with van der Waals surface area (Å²) in [5.41, 5.74) is 6.93. The van der Waals surface area contributed by atoms with E-state index in [1.807, 2.05) is 7.05 Å². The third kappa shape index (κ3) is 5.18. The van der Waals surface area contributed by atoms with Crippen LogP contribution in [0.2, 0.25) is 0 Å². The van der Waals surface area contributed by atoms with Gasteiger partial charge in [-0.3, -0.25) is 4.79 Å². The van der Waals surface area contributed by atoms with Gasteiger partial charge in [-0.05, 0) is 38.7 Å². The first-order valence-electron chi connectivity index (χ1n) is 6.48. The number of anilines is 2. The molecule has 0 aromatic heterocycles. The molecule has 0 aliphatic carbocycles. The number of nitrogens with one attached hydrogen (secondary N) is 1. The highest BCUT2D eigenvalue weighted by Crippen LogP contribution is 2.26. The van der Waals surface area contributed by atoms with Gasteiger partial charge in [-0.15, -0.1) is 0 Å². The van der Waals surface area contributed by atoms with E-state index >= 15 is 0 Å². The molecule has 5 heteroatoms. The van der Waals surface area contributed by atoms with Crippen molar-refractivity contribution < 1.29 is 9.53 Å². The summed E-state index contributed by atoms with van der Waals surface area (Å²) < 4.78 is 5.18. The molecule has 0 aliphatic heterocycles. The molecule has 0 saturated carbocycles. The molecule has 0 heterocycles. The number of ether oxygens (including phenoxy) is 1. The Morgan fingerprint density at radius 1 is 1.47 bits per heavy atom. The van der Waals surface area contributed by atoms with Crippen molar-refractivity contribution in [3.63, 3.8) is 0 Å². The first-order valence-corrected chi connectivity index (χ1v) is 6.48. The number of hydrogen-bond acceptors (Lipinski definition) is 4. The minimum atomic E-state index is -0.00688. The lowest BCUT2D eigenvalue weighted by Gasteiger charge is -2.14. The minimum Gasteiger partial charge on any atom is -0.494 e. The highest BCUT2D eigenvalue weighted by Gasteiger charge is 2.08. The average molecular weight is 265 g/mol. The second-order valence-electron chi connectivity index (χ2n) is 4.51. The summed E-state index contributed by atoms with van der Waals surface area (Å²) in [6, 6.07) is 5.19. The number of methoxy groups -OCH3 is 1. The summed E-state index contributed by atoms with van der Waals surface area (Å²) in [6.07, 6.45) is 1.34. The van der Waals surface area contributed by atoms with Crippen LogP contribution in [0.3, 0.4) is 0 Å². The van der Waals surface area contributed by atoms with Gasteiger partial charge in [-0.2, -0.15) is 0 Å². The van der Waals surface area contributed by atoms with Crippen LogP contribution in [-0.2, 0) is 4.79 Å². The van der Waals surface area contributed by atoms with E-state index in [4.69, 9.17) is 10.5 Å². The fourth-order valence-electron chi connectivity index (χ4n) is 1.69. The number of nitrogen functional groups attached to an aromatic ring is 1. The van der Waals surface area contributed by atoms with Crippen LogP contribution >= 0.6 is 0 Å². The van der Waals surface area contributed by atoms with Gasteiger partial charge in [0.1, 0.15) is 5.75 Å². The summed E-state index contributed by atoms with van der Waals surface area (Å²) in [5, 5.41) is 2.84. The molecule has 19 heavy (non-hydrogen) atoms. The number of rotatable bonds is 7. The van der Waals surface area contributed by atoms with Crippen LogP contribution in [0.1, 0.15) is 19.8 Å². The molecule has 0 atom stereocenters. The summed E-state index contributed by atoms with van der Waals surface area (Å²) in [4.78, 5) is 14.0. The molecule has 0 saturated heterocycles. The standard InChI is InChI=1S/C14H23N3O2/c1-4-17(2)9-5-6-14(18)16-12-8-7-11(15)10-13(12)19-3/h7-8,10H,4-6,9,15H2,1-3H3,(H,16,18). The van der Waals surface area contributed by atoms with Gasteiger partial charge in [0.15, 0.2) is 0 Å². The molecule has 0 spiro atoms. The van der Waals surface area contributed by atoms with E-state index in [1.54, 1.807) is 25.3 Å². The maximum absolute atomic E-state index is 11.8. The lowest BCUT2D eigenvalue weighted by atomic mass is 10.2. The Bertz CT molecular complexity index is 421. The van der Waals surface area contributed by atoms with Gasteiger partial charge < -0.3 is 20.7 Å². The number of amides is 1. The van der Waals surface area contributed by atoms with Crippen molar-refractivity contribution in [1.82, 2.24) is 4.90 Å². The van der Waals surface area contributed by atoms with Crippen molar-refractivity contribution in [2.24, 2.45) is 0 Å². The number of carbonyl (C=O) groups is 1. The van der Waals surface area contributed by atoms with Crippen LogP contribution < -0.4 is 15.8 Å². The summed E-state index contributed by atoms with van der Waals surface area (Å²) in [5.74, 6) is 0.576. The van der Waals surface area contributed by atoms with E-state index in [9.17, 15) is 4.79 Å². The predicted molar refractivity (Wildman–Crippen MR) is 78.4 cm³/mol. The van der Waals surface area contributed by atoms with Crippen molar-refractivity contribution in [1.29, 1.82) is 0 Å². The molecule has 0 aliphatic rings. The Labute approximate surface area is 114 Å². The summed E-state index contributed by atoms with van der Waals surface area (Å²) >= 11 is 0. The fourth-order valence-corrected chi connectivity index (χ4v) is 1.69. The number of nitrogens with two attached hydrogens (primary N) is 1. The molecule has 1 amide bonds. The molecule has 0 bridgehead atoms. The summed E-state index contributed by atoms with van der Waals surface area (Å²) in [7, 11) is 3.60. The lowest BCUT2D eigenvalue weighted by molar-refractivity contribution is -0.116. The maximum Gasteiger partial charge on any atom is 0.224 e. The van der Waals surface area contributed by atoms with E-state index in [2.05, 4.69) is 17.1 Å². The molecule has 0 fully saturated rings. The molecule has 0 unspecified atom stereocenters. The molecular formula is C14H23N3O2. The number of benzene rings is 1. The van der Waals surface area contributed by atoms with Crippen LogP contribution in [0.15, 0.2) is 18.2 Å². The van der Waals surface area contributed by atoms with Gasteiger partial charge in [0, 0.05) is 18.2 Å². The quantitative estimate of drug-likeness (QED) is 0.739. The van der Waals surface area contributed by atoms with Gasteiger partial charge >= 0.3 is 0 Å². The zero-order valence-electron chi connectivity index (χ0n) is 11.9. The highest BCUT2D eigenvalue weighted by atomic mass is 16.5. The Balaban J connectivity index is 2.48. The van der Waals surface area contributed by atoms with Gasteiger partial charge in [-0.25, -0.2) is 0 Å². The molecule has 5 nitrogen and oxygen atoms in total. The molecule has 0 radical (unpaired) electrons. The molecular weight excluding hydrogens is 242 g/mol. The second kappa shape index (κ2) is 7.63. The molecule has 3 N–H and O–H groups in total. The average Bonchev–Trinajstić information content (AvgIpc) is 2.40. The van der Waals surface area contributed by atoms with E-state index in [-0.39, 0.29) is 5.91 Å². The first kappa shape index (κ1) is 15.3. The van der Waals surface area contributed by atoms with Crippen molar-refractivity contribution in [3.05, 3.63) is 18.2 Å². The summed E-state index contributed by atoms with van der Waals surface area (Å²) in [6.45, 7) is 4.01. The van der Waals surface area contributed by atoms with Crippen LogP contribution in [-0.4, -0.2) is 38.1 Å². The van der Waals surface area contributed by atoms with Crippen molar-refractivity contribution in [2.75, 3.05) is 38.3 Å². The van der Waals surface area contributed by atoms with Gasteiger partial charge in [-0.1, -0.05) is 6.92 Å². The van der Waals surface area contributed by atoms with Crippen LogP contribution in [0.25, 0.3) is 0 Å². The first-order chi connectivity index (χ1) is 9.06. The monoisotopic (exact) mass is 265 g/mol. The zero-order chi connectivity index (χ0) is 14.3. The second-order valence-corrected chi connectivity index (χ2v) is 4.51. The highest BCUT2D eigenvalue weighted by molar-refractivity contribution is 5.92. The minimum absolute atomic E-state index is 0.00688. The SMILES string of the molecule is CCN(C)CCCC(=O)Nc1ccc(N)cc1OC. The van der Waals surface area contributed by atoms with Crippen LogP contribution in [0.5, 0.6) is 5.75 Å². The Morgan fingerprint density at radius 2 is 2.21 bits per heavy atom. The molecule has 1 aromatic carbocycles. The van der Waals surface area contributed by atoms with E-state index in [0.29, 0.717) is 23.5 Å². The maximum atomic E-state index is 11.8. The van der Waals surface area contributed by atoms with Crippen molar-refractivity contribution in [2.45, 2.75) is 19.8 Å². The number of hydrogen-bond donors (Lipinski definition) is 2. The van der Waals surface area contributed by atoms with E-state index < -0.39 is 0 Å². The molecule has 1 rings (SSSR count). The van der Waals surface area contributed by atoms with Gasteiger partial charge in [0.05, 0.1) is 12.8 Å². The topological polar surface area (TPSA) is 67.6 Å². The van der Waals surface area contributed by atoms with Gasteiger partial charge in [0.2, 0.25) is 5.91 Å². The Kier molecular flexibility index (Phi) is 6.15. The van der Waals surface area contributed by atoms with E-state index in [1.165, 1.54) is 0 Å². The number of nitrogens with zero attached hydrogens (tertiary/aromatic N) is 1. The van der Waals surface area contributed by atoms with Crippen LogP contribution in [0.4, 0.5) is 11.4 Å². The molecule has 1 aromatic rings. The van der Waals surface area contributed by atoms with E-state index in [0.717, 1.165) is 19.5 Å². The Hall–Kier alpha value is -1.75. The third-order valence-corrected chi connectivity index (χ3v) is 2.98. The van der Waals surface area contributed by atoms with Crippen LogP contribution in [0, 0.1) is 0 Å². The zero-order valence-corrected chi connectivity index (χ0v) is 11.9. The predicted octanol–water partition coefficient (Wildman–Crippen LogP) is 1.95. The Morgan fingerprint density at radius 3 is 2.84 bits per heavy atom. The van der Waals surface area contributed by atoms with Crippen molar-refractivity contribution in [3.8, 4) is 5.75 Å².